The van der Waals surface area contributed by atoms with Crippen molar-refractivity contribution in [3.63, 3.8) is 0 Å². The van der Waals surface area contributed by atoms with Crippen molar-refractivity contribution in [1.82, 2.24) is 0 Å². The second kappa shape index (κ2) is 4.95. The molecule has 0 amide bonds. The number of rotatable bonds is 0. The molecule has 4 aromatic rings. The van der Waals surface area contributed by atoms with Crippen molar-refractivity contribution in [3.05, 3.63) is 79.0 Å². The third-order valence-corrected chi connectivity index (χ3v) is 5.75. The summed E-state index contributed by atoms with van der Waals surface area (Å²) < 4.78 is 0.912. The maximum absolute atomic E-state index is 13.1. The van der Waals surface area contributed by atoms with Crippen molar-refractivity contribution >= 4 is 60.5 Å². The van der Waals surface area contributed by atoms with Crippen LogP contribution in [0.25, 0.3) is 27.2 Å². The highest BCUT2D eigenvalue weighted by molar-refractivity contribution is 9.10. The van der Waals surface area contributed by atoms with Crippen LogP contribution in [0.15, 0.2) is 57.8 Å². The molecule has 0 aliphatic carbocycles. The molecule has 1 aliphatic heterocycles. The lowest BCUT2D eigenvalue weighted by atomic mass is 10.1. The molecule has 0 saturated carbocycles. The van der Waals surface area contributed by atoms with E-state index in [1.807, 2.05) is 36.4 Å². The first-order chi connectivity index (χ1) is 11.6. The van der Waals surface area contributed by atoms with Crippen LogP contribution in [0.3, 0.4) is 0 Å². The van der Waals surface area contributed by atoms with Gasteiger partial charge < -0.3 is 5.32 Å². The van der Waals surface area contributed by atoms with Crippen LogP contribution in [-0.2, 0) is 6.42 Å². The van der Waals surface area contributed by atoms with E-state index in [0.29, 0.717) is 5.02 Å². The Labute approximate surface area is 151 Å². The van der Waals surface area contributed by atoms with Crippen molar-refractivity contribution in [2.45, 2.75) is 6.42 Å². The van der Waals surface area contributed by atoms with Gasteiger partial charge in [0.1, 0.15) is 0 Å². The van der Waals surface area contributed by atoms with E-state index in [0.717, 1.165) is 49.0 Å². The molecule has 0 saturated heterocycles. The van der Waals surface area contributed by atoms with E-state index in [9.17, 15) is 4.79 Å². The fourth-order valence-electron chi connectivity index (χ4n) is 3.71. The van der Waals surface area contributed by atoms with E-state index < -0.39 is 0 Å². The molecular formula is C20H11BrClNO. The standard InChI is InChI=1S/C20H11BrClNO/c21-13-7-5-11-17-12(6-8-14(22)19(13)17)20(24)18(11)16-9-10-3-1-2-4-15(10)23-16/h1-8,23H,9H2/b18-16+. The van der Waals surface area contributed by atoms with Gasteiger partial charge in [0, 0.05) is 43.5 Å². The number of para-hydroxylation sites is 1. The maximum Gasteiger partial charge on any atom is 0.196 e. The molecule has 2 nitrogen and oxygen atoms in total. The lowest BCUT2D eigenvalue weighted by molar-refractivity contribution is 1.35. The van der Waals surface area contributed by atoms with Crippen molar-refractivity contribution in [3.8, 4) is 0 Å². The van der Waals surface area contributed by atoms with E-state index in [-0.39, 0.29) is 5.43 Å². The summed E-state index contributed by atoms with van der Waals surface area (Å²) in [6.07, 6.45) is 0.747. The zero-order chi connectivity index (χ0) is 16.4. The smallest absolute Gasteiger partial charge is 0.196 e. The summed E-state index contributed by atoms with van der Waals surface area (Å²) >= 11 is 9.95. The molecule has 5 rings (SSSR count). The molecule has 1 heterocycles. The van der Waals surface area contributed by atoms with Crippen molar-refractivity contribution < 1.29 is 0 Å². The Morgan fingerprint density at radius 1 is 0.958 bits per heavy atom. The number of fused-ring (bicyclic) bond motifs is 1. The molecule has 0 spiro atoms. The number of nitrogens with one attached hydrogen (secondary N) is 1. The van der Waals surface area contributed by atoms with Gasteiger partial charge in [0.05, 0.1) is 5.22 Å². The summed E-state index contributed by atoms with van der Waals surface area (Å²) in [6.45, 7) is 0. The number of halogens is 2. The summed E-state index contributed by atoms with van der Waals surface area (Å²) in [7, 11) is 0. The Bertz CT molecular complexity index is 1210. The highest BCUT2D eigenvalue weighted by Gasteiger charge is 2.21. The van der Waals surface area contributed by atoms with Crippen molar-refractivity contribution in [2.24, 2.45) is 0 Å². The Morgan fingerprint density at radius 2 is 1.75 bits per heavy atom. The minimum Gasteiger partial charge on any atom is -0.358 e. The summed E-state index contributed by atoms with van der Waals surface area (Å²) in [5.74, 6) is 0. The number of benzene rings is 3. The fourth-order valence-corrected chi connectivity index (χ4v) is 4.63. The highest BCUT2D eigenvalue weighted by atomic mass is 79.9. The van der Waals surface area contributed by atoms with Crippen LogP contribution >= 0.6 is 27.5 Å². The maximum atomic E-state index is 13.1. The van der Waals surface area contributed by atoms with Crippen LogP contribution in [-0.4, -0.2) is 0 Å². The molecule has 4 aromatic carbocycles. The molecule has 1 aliphatic rings. The molecular weight excluding hydrogens is 386 g/mol. The SMILES string of the molecule is O=c1/c(=C2\Cc3ccccc3N2)c2ccc(Br)c3c(Cl)ccc1c32. The Morgan fingerprint density at radius 3 is 2.58 bits per heavy atom. The first-order valence-corrected chi connectivity index (χ1v) is 8.86. The van der Waals surface area contributed by atoms with Crippen LogP contribution < -0.4 is 16.0 Å². The molecule has 116 valence electrons. The Kier molecular flexibility index (Phi) is 2.94. The number of anilines is 1. The minimum absolute atomic E-state index is 0.0695. The van der Waals surface area contributed by atoms with E-state index in [1.54, 1.807) is 6.07 Å². The predicted molar refractivity (Wildman–Crippen MR) is 104 cm³/mol. The molecule has 4 heteroatoms. The van der Waals surface area contributed by atoms with Crippen LogP contribution in [0.1, 0.15) is 5.56 Å². The molecule has 0 bridgehead atoms. The predicted octanol–water partition coefficient (Wildman–Crippen LogP) is 4.70. The van der Waals surface area contributed by atoms with Crippen molar-refractivity contribution in [1.29, 1.82) is 0 Å². The molecule has 0 aromatic heterocycles. The van der Waals surface area contributed by atoms with E-state index in [1.165, 1.54) is 5.56 Å². The lowest BCUT2D eigenvalue weighted by Gasteiger charge is -2.04. The van der Waals surface area contributed by atoms with E-state index in [2.05, 4.69) is 27.3 Å². The highest BCUT2D eigenvalue weighted by Crippen LogP contribution is 2.36. The first-order valence-electron chi connectivity index (χ1n) is 7.69. The van der Waals surface area contributed by atoms with Gasteiger partial charge in [-0.3, -0.25) is 4.79 Å². The normalized spacial score (nSPS) is 15.9. The van der Waals surface area contributed by atoms with Gasteiger partial charge >= 0.3 is 0 Å². The zero-order valence-electron chi connectivity index (χ0n) is 12.5. The van der Waals surface area contributed by atoms with Crippen molar-refractivity contribution in [2.75, 3.05) is 5.32 Å². The first kappa shape index (κ1) is 14.3. The second-order valence-corrected chi connectivity index (χ2v) is 7.34. The zero-order valence-corrected chi connectivity index (χ0v) is 14.8. The van der Waals surface area contributed by atoms with Crippen LogP contribution in [0, 0.1) is 0 Å². The van der Waals surface area contributed by atoms with Gasteiger partial charge in [-0.05, 0) is 35.2 Å². The van der Waals surface area contributed by atoms with Gasteiger partial charge in [-0.2, -0.15) is 0 Å². The van der Waals surface area contributed by atoms with E-state index >= 15 is 0 Å². The average Bonchev–Trinajstić information content (AvgIpc) is 3.11. The number of hydrogen-bond acceptors (Lipinski definition) is 2. The molecule has 1 N–H and O–H groups in total. The molecule has 0 radical (unpaired) electrons. The topological polar surface area (TPSA) is 29.1 Å². The summed E-state index contributed by atoms with van der Waals surface area (Å²) in [4.78, 5) is 13.1. The Hall–Kier alpha value is -2.10. The monoisotopic (exact) mass is 395 g/mol. The van der Waals surface area contributed by atoms with Gasteiger partial charge in [0.25, 0.3) is 0 Å². The largest absolute Gasteiger partial charge is 0.358 e. The lowest BCUT2D eigenvalue weighted by Crippen LogP contribution is -2.24. The molecule has 0 atom stereocenters. The van der Waals surface area contributed by atoms with Crippen LogP contribution in [0.4, 0.5) is 5.69 Å². The Balaban J connectivity index is 1.96. The fraction of sp³-hybridized carbons (Fsp3) is 0.0500. The molecule has 24 heavy (non-hydrogen) atoms. The van der Waals surface area contributed by atoms with Crippen LogP contribution in [0.2, 0.25) is 5.02 Å². The quantitative estimate of drug-likeness (QED) is 0.467. The van der Waals surface area contributed by atoms with Gasteiger partial charge in [-0.15, -0.1) is 0 Å². The summed E-state index contributed by atoms with van der Waals surface area (Å²) in [5, 5.41) is 8.40. The second-order valence-electron chi connectivity index (χ2n) is 6.08. The minimum atomic E-state index is 0.0695. The summed E-state index contributed by atoms with van der Waals surface area (Å²) in [6, 6.07) is 15.8. The van der Waals surface area contributed by atoms with Gasteiger partial charge in [0.15, 0.2) is 5.43 Å². The van der Waals surface area contributed by atoms with Gasteiger partial charge in [0.2, 0.25) is 0 Å². The average molecular weight is 397 g/mol. The number of hydrogen-bond donors (Lipinski definition) is 1. The van der Waals surface area contributed by atoms with E-state index in [4.69, 9.17) is 11.6 Å². The summed E-state index contributed by atoms with van der Waals surface area (Å²) in [5.41, 5.74) is 3.34. The van der Waals surface area contributed by atoms with Crippen LogP contribution in [0.5, 0.6) is 0 Å². The molecule has 0 fully saturated rings. The third-order valence-electron chi connectivity index (χ3n) is 4.77. The molecule has 0 unspecified atom stereocenters. The third kappa shape index (κ3) is 1.80. The van der Waals surface area contributed by atoms with Gasteiger partial charge in [-0.1, -0.05) is 51.8 Å². The van der Waals surface area contributed by atoms with Gasteiger partial charge in [-0.25, -0.2) is 0 Å².